The Morgan fingerprint density at radius 2 is 1.74 bits per heavy atom. The normalized spacial score (nSPS) is 12.6. The molecule has 1 aliphatic rings. The molecule has 0 aliphatic carbocycles. The molecule has 3 aromatic rings. The molecule has 0 fully saturated rings. The van der Waals surface area contributed by atoms with E-state index in [9.17, 15) is 0 Å². The second-order valence-electron chi connectivity index (χ2n) is 8.47. The van der Waals surface area contributed by atoms with E-state index < -0.39 is 0 Å². The predicted octanol–water partition coefficient (Wildman–Crippen LogP) is 5.65. The average Bonchev–Trinajstić information content (AvgIpc) is 2.87. The van der Waals surface area contributed by atoms with Gasteiger partial charge in [-0.05, 0) is 47.9 Å². The van der Waals surface area contributed by atoms with Crippen molar-refractivity contribution in [3.05, 3.63) is 82.9 Å². The van der Waals surface area contributed by atoms with Crippen molar-refractivity contribution in [3.63, 3.8) is 0 Å². The molecule has 0 bridgehead atoms. The van der Waals surface area contributed by atoms with Crippen molar-refractivity contribution in [2.24, 2.45) is 4.99 Å². The summed E-state index contributed by atoms with van der Waals surface area (Å²) >= 11 is 0. The number of terminal acetylenes is 1. The van der Waals surface area contributed by atoms with Crippen LogP contribution in [0.2, 0.25) is 0 Å². The van der Waals surface area contributed by atoms with Gasteiger partial charge >= 0.3 is 0 Å². The van der Waals surface area contributed by atoms with Crippen molar-refractivity contribution in [3.8, 4) is 29.6 Å². The van der Waals surface area contributed by atoms with E-state index in [2.05, 4.69) is 55.0 Å². The molecule has 0 N–H and O–H groups in total. The summed E-state index contributed by atoms with van der Waals surface area (Å²) in [5, 5.41) is 0. The molecule has 0 aromatic heterocycles. The molecule has 0 amide bonds. The van der Waals surface area contributed by atoms with Gasteiger partial charge in [-0.3, -0.25) is 4.99 Å². The molecule has 1 aliphatic heterocycles. The smallest absolute Gasteiger partial charge is 0.148 e. The molecule has 1 heterocycles. The van der Waals surface area contributed by atoms with Crippen LogP contribution >= 0.6 is 0 Å². The highest BCUT2D eigenvalue weighted by atomic mass is 16.5. The number of benzene rings is 3. The van der Waals surface area contributed by atoms with Gasteiger partial charge in [-0.2, -0.15) is 0 Å². The Hall–Kier alpha value is -3.91. The molecule has 4 rings (SSSR count). The molecule has 3 aromatic carbocycles. The Labute approximate surface area is 202 Å². The Balaban J connectivity index is 1.73. The number of rotatable bonds is 8. The summed E-state index contributed by atoms with van der Waals surface area (Å²) < 4.78 is 16.8. The molecule has 5 nitrogen and oxygen atoms in total. The van der Waals surface area contributed by atoms with Crippen LogP contribution in [0.4, 0.5) is 5.69 Å². The summed E-state index contributed by atoms with van der Waals surface area (Å²) in [6.07, 6.45) is 5.40. The number of methoxy groups -OCH3 is 2. The van der Waals surface area contributed by atoms with E-state index >= 15 is 0 Å². The van der Waals surface area contributed by atoms with Gasteiger partial charge in [-0.1, -0.05) is 44.0 Å². The SMILES string of the molecule is C#CCOc1ccc2c(c1)C(c1ccc(C(C)C)cc1)=NCN2Cc1cc(OC)ccc1OC. The molecular weight excluding hydrogens is 424 g/mol. The third-order valence-corrected chi connectivity index (χ3v) is 5.99. The van der Waals surface area contributed by atoms with Crippen LogP contribution in [0.3, 0.4) is 0 Å². The maximum atomic E-state index is 5.73. The summed E-state index contributed by atoms with van der Waals surface area (Å²) in [6, 6.07) is 20.5. The molecule has 5 heteroatoms. The molecule has 174 valence electrons. The zero-order valence-corrected chi connectivity index (χ0v) is 20.2. The van der Waals surface area contributed by atoms with Crippen molar-refractivity contribution in [2.75, 3.05) is 32.4 Å². The first-order chi connectivity index (χ1) is 16.5. The first-order valence-corrected chi connectivity index (χ1v) is 11.4. The maximum Gasteiger partial charge on any atom is 0.148 e. The highest BCUT2D eigenvalue weighted by molar-refractivity contribution is 6.17. The summed E-state index contributed by atoms with van der Waals surface area (Å²) in [5.41, 5.74) is 6.46. The number of hydrogen-bond donors (Lipinski definition) is 0. The van der Waals surface area contributed by atoms with Crippen LogP contribution in [0.15, 0.2) is 65.7 Å². The minimum atomic E-state index is 0.221. The van der Waals surface area contributed by atoms with Gasteiger partial charge in [0.2, 0.25) is 0 Å². The molecule has 0 saturated carbocycles. The van der Waals surface area contributed by atoms with Gasteiger partial charge in [-0.25, -0.2) is 0 Å². The minimum Gasteiger partial charge on any atom is -0.497 e. The monoisotopic (exact) mass is 454 g/mol. The molecule has 34 heavy (non-hydrogen) atoms. The molecule has 0 atom stereocenters. The van der Waals surface area contributed by atoms with Gasteiger partial charge in [0.15, 0.2) is 0 Å². The molecular formula is C29H30N2O3. The van der Waals surface area contributed by atoms with Gasteiger partial charge in [0.1, 0.15) is 30.5 Å². The lowest BCUT2D eigenvalue weighted by atomic mass is 9.95. The Kier molecular flexibility index (Phi) is 7.08. The topological polar surface area (TPSA) is 43.3 Å². The maximum absolute atomic E-state index is 5.73. The van der Waals surface area contributed by atoms with Gasteiger partial charge < -0.3 is 19.1 Å². The third kappa shape index (κ3) is 4.87. The summed E-state index contributed by atoms with van der Waals surface area (Å²) in [7, 11) is 3.35. The number of fused-ring (bicyclic) bond motifs is 1. The molecule has 0 radical (unpaired) electrons. The van der Waals surface area contributed by atoms with Gasteiger partial charge in [0.25, 0.3) is 0 Å². The number of aliphatic imine (C=N–C) groups is 1. The van der Waals surface area contributed by atoms with Crippen LogP contribution in [0.1, 0.15) is 42.0 Å². The van der Waals surface area contributed by atoms with E-state index in [0.29, 0.717) is 19.1 Å². The lowest BCUT2D eigenvalue weighted by Crippen LogP contribution is -2.30. The van der Waals surface area contributed by atoms with E-state index in [1.54, 1.807) is 14.2 Å². The van der Waals surface area contributed by atoms with Crippen molar-refractivity contribution in [1.29, 1.82) is 0 Å². The van der Waals surface area contributed by atoms with Crippen LogP contribution in [-0.2, 0) is 6.54 Å². The second kappa shape index (κ2) is 10.4. The van der Waals surface area contributed by atoms with Crippen LogP contribution in [0.5, 0.6) is 17.2 Å². The van der Waals surface area contributed by atoms with Crippen molar-refractivity contribution >= 4 is 11.4 Å². The van der Waals surface area contributed by atoms with Gasteiger partial charge in [0, 0.05) is 28.9 Å². The first-order valence-electron chi connectivity index (χ1n) is 11.4. The van der Waals surface area contributed by atoms with Crippen LogP contribution in [-0.4, -0.2) is 33.2 Å². The number of ether oxygens (including phenoxy) is 3. The lowest BCUT2D eigenvalue weighted by molar-refractivity contribution is 0.370. The first kappa shape index (κ1) is 23.3. The minimum absolute atomic E-state index is 0.221. The fourth-order valence-electron chi connectivity index (χ4n) is 4.13. The van der Waals surface area contributed by atoms with E-state index in [0.717, 1.165) is 45.3 Å². The predicted molar refractivity (Wildman–Crippen MR) is 138 cm³/mol. The fraction of sp³-hybridized carbons (Fsp3) is 0.276. The lowest BCUT2D eigenvalue weighted by Gasteiger charge is -2.31. The van der Waals surface area contributed by atoms with Crippen LogP contribution in [0, 0.1) is 12.3 Å². The van der Waals surface area contributed by atoms with Crippen molar-refractivity contribution in [1.82, 2.24) is 0 Å². The number of anilines is 1. The fourth-order valence-corrected chi connectivity index (χ4v) is 4.13. The Bertz CT molecular complexity index is 1220. The Morgan fingerprint density at radius 3 is 2.41 bits per heavy atom. The highest BCUT2D eigenvalue weighted by Gasteiger charge is 2.23. The number of hydrogen-bond acceptors (Lipinski definition) is 5. The van der Waals surface area contributed by atoms with Gasteiger partial charge in [0.05, 0.1) is 19.9 Å². The Morgan fingerprint density at radius 1 is 0.971 bits per heavy atom. The highest BCUT2D eigenvalue weighted by Crippen LogP contribution is 2.34. The summed E-state index contributed by atoms with van der Waals surface area (Å²) in [4.78, 5) is 7.21. The quantitative estimate of drug-likeness (QED) is 0.412. The van der Waals surface area contributed by atoms with Gasteiger partial charge in [-0.15, -0.1) is 6.42 Å². The van der Waals surface area contributed by atoms with E-state index in [1.807, 2.05) is 30.3 Å². The van der Waals surface area contributed by atoms with Crippen molar-refractivity contribution in [2.45, 2.75) is 26.3 Å². The van der Waals surface area contributed by atoms with E-state index in [-0.39, 0.29) is 6.61 Å². The van der Waals surface area contributed by atoms with Crippen LogP contribution < -0.4 is 19.1 Å². The zero-order chi connectivity index (χ0) is 24.1. The zero-order valence-electron chi connectivity index (χ0n) is 20.2. The summed E-state index contributed by atoms with van der Waals surface area (Å²) in [6.45, 7) is 5.77. The molecule has 0 unspecified atom stereocenters. The second-order valence-corrected chi connectivity index (χ2v) is 8.47. The van der Waals surface area contributed by atoms with Crippen molar-refractivity contribution < 1.29 is 14.2 Å². The standard InChI is InChI=1S/C29H30N2O3/c1-6-15-34-25-11-13-27-26(17-25)29(22-9-7-21(8-10-22)20(2)3)30-19-31(27)18-23-16-24(32-4)12-14-28(23)33-5/h1,7-14,16-17,20H,15,18-19H2,2-5H3. The molecule has 0 saturated heterocycles. The summed E-state index contributed by atoms with van der Waals surface area (Å²) in [5.74, 6) is 5.34. The van der Waals surface area contributed by atoms with E-state index in [4.69, 9.17) is 25.6 Å². The van der Waals surface area contributed by atoms with Crippen LogP contribution in [0.25, 0.3) is 0 Å². The molecule has 0 spiro atoms. The van der Waals surface area contributed by atoms with E-state index in [1.165, 1.54) is 5.56 Å². The average molecular weight is 455 g/mol. The third-order valence-electron chi connectivity index (χ3n) is 5.99. The largest absolute Gasteiger partial charge is 0.497 e. The number of nitrogens with zero attached hydrogens (tertiary/aromatic N) is 2.